The quantitative estimate of drug-likeness (QED) is 0.835. The third kappa shape index (κ3) is 1.52. The van der Waals surface area contributed by atoms with Gasteiger partial charge in [0, 0.05) is 19.2 Å². The van der Waals surface area contributed by atoms with Gasteiger partial charge in [-0.1, -0.05) is 12.8 Å². The molecule has 0 bridgehead atoms. The number of nitrogens with zero attached hydrogens (tertiary/aromatic N) is 4. The van der Waals surface area contributed by atoms with Crippen molar-refractivity contribution >= 4 is 0 Å². The molecule has 0 radical (unpaired) electrons. The SMILES string of the molecule is Cn1nccc1-c1n[nH]c(C2CCCC2)n1. The zero-order chi connectivity index (χ0) is 11.0. The topological polar surface area (TPSA) is 59.4 Å². The average Bonchev–Trinajstić information content (AvgIpc) is 2.96. The summed E-state index contributed by atoms with van der Waals surface area (Å²) >= 11 is 0. The van der Waals surface area contributed by atoms with Gasteiger partial charge in [0.2, 0.25) is 0 Å². The minimum absolute atomic E-state index is 0.578. The van der Waals surface area contributed by atoms with E-state index in [1.807, 2.05) is 13.1 Å². The van der Waals surface area contributed by atoms with E-state index in [9.17, 15) is 0 Å². The van der Waals surface area contributed by atoms with E-state index in [4.69, 9.17) is 0 Å². The molecule has 0 aromatic carbocycles. The van der Waals surface area contributed by atoms with Crippen molar-refractivity contribution in [3.63, 3.8) is 0 Å². The summed E-state index contributed by atoms with van der Waals surface area (Å²) in [4.78, 5) is 4.57. The van der Waals surface area contributed by atoms with Crippen molar-refractivity contribution in [1.82, 2.24) is 25.0 Å². The normalized spacial score (nSPS) is 17.1. The predicted octanol–water partition coefficient (Wildman–Crippen LogP) is 1.86. The predicted molar refractivity (Wildman–Crippen MR) is 59.8 cm³/mol. The van der Waals surface area contributed by atoms with Gasteiger partial charge in [-0.15, -0.1) is 0 Å². The van der Waals surface area contributed by atoms with Crippen LogP contribution in [-0.4, -0.2) is 25.0 Å². The van der Waals surface area contributed by atoms with E-state index < -0.39 is 0 Å². The summed E-state index contributed by atoms with van der Waals surface area (Å²) in [5.41, 5.74) is 0.959. The summed E-state index contributed by atoms with van der Waals surface area (Å²) in [6.45, 7) is 0. The highest BCUT2D eigenvalue weighted by Gasteiger charge is 2.21. The number of aromatic nitrogens is 5. The van der Waals surface area contributed by atoms with Crippen LogP contribution in [0.3, 0.4) is 0 Å². The summed E-state index contributed by atoms with van der Waals surface area (Å²) in [6.07, 6.45) is 6.86. The van der Waals surface area contributed by atoms with Crippen LogP contribution in [0.25, 0.3) is 11.5 Å². The van der Waals surface area contributed by atoms with E-state index in [1.165, 1.54) is 25.7 Å². The van der Waals surface area contributed by atoms with E-state index >= 15 is 0 Å². The first-order valence-electron chi connectivity index (χ1n) is 5.75. The van der Waals surface area contributed by atoms with Crippen LogP contribution in [0.4, 0.5) is 0 Å². The molecule has 16 heavy (non-hydrogen) atoms. The Morgan fingerprint density at radius 3 is 2.88 bits per heavy atom. The second kappa shape index (κ2) is 3.73. The second-order valence-corrected chi connectivity index (χ2v) is 4.37. The van der Waals surface area contributed by atoms with Crippen molar-refractivity contribution < 1.29 is 0 Å². The molecule has 0 aliphatic heterocycles. The van der Waals surface area contributed by atoms with E-state index in [-0.39, 0.29) is 0 Å². The van der Waals surface area contributed by atoms with Crippen LogP contribution in [0.2, 0.25) is 0 Å². The van der Waals surface area contributed by atoms with Gasteiger partial charge in [-0.3, -0.25) is 9.78 Å². The first-order valence-corrected chi connectivity index (χ1v) is 5.75. The van der Waals surface area contributed by atoms with Crippen LogP contribution in [0.15, 0.2) is 12.3 Å². The lowest BCUT2D eigenvalue weighted by molar-refractivity contribution is 0.672. The van der Waals surface area contributed by atoms with E-state index in [1.54, 1.807) is 10.9 Å². The molecule has 0 amide bonds. The molecular formula is C11H15N5. The third-order valence-electron chi connectivity index (χ3n) is 3.29. The van der Waals surface area contributed by atoms with Crippen LogP contribution in [0, 0.1) is 0 Å². The zero-order valence-corrected chi connectivity index (χ0v) is 9.35. The van der Waals surface area contributed by atoms with Crippen LogP contribution in [0.1, 0.15) is 37.4 Å². The van der Waals surface area contributed by atoms with Crippen LogP contribution in [-0.2, 0) is 7.05 Å². The lowest BCUT2D eigenvalue weighted by Crippen LogP contribution is -1.96. The zero-order valence-electron chi connectivity index (χ0n) is 9.35. The summed E-state index contributed by atoms with van der Waals surface area (Å²) in [7, 11) is 1.90. The highest BCUT2D eigenvalue weighted by molar-refractivity contribution is 5.48. The van der Waals surface area contributed by atoms with Crippen LogP contribution < -0.4 is 0 Å². The van der Waals surface area contributed by atoms with Crippen LogP contribution in [0.5, 0.6) is 0 Å². The molecule has 1 aliphatic rings. The van der Waals surface area contributed by atoms with Gasteiger partial charge in [-0.25, -0.2) is 4.98 Å². The van der Waals surface area contributed by atoms with Gasteiger partial charge in [0.25, 0.3) is 0 Å². The van der Waals surface area contributed by atoms with Gasteiger partial charge >= 0.3 is 0 Å². The van der Waals surface area contributed by atoms with Gasteiger partial charge in [-0.2, -0.15) is 10.2 Å². The molecule has 84 valence electrons. The van der Waals surface area contributed by atoms with Crippen molar-refractivity contribution in [1.29, 1.82) is 0 Å². The van der Waals surface area contributed by atoms with Crippen molar-refractivity contribution in [3.8, 4) is 11.5 Å². The Morgan fingerprint density at radius 2 is 2.19 bits per heavy atom. The Balaban J connectivity index is 1.90. The minimum atomic E-state index is 0.578. The van der Waals surface area contributed by atoms with Crippen molar-refractivity contribution in [2.75, 3.05) is 0 Å². The molecule has 0 unspecified atom stereocenters. The molecule has 5 nitrogen and oxygen atoms in total. The van der Waals surface area contributed by atoms with Gasteiger partial charge in [0.1, 0.15) is 11.5 Å². The fourth-order valence-corrected chi connectivity index (χ4v) is 2.36. The Labute approximate surface area is 93.9 Å². The van der Waals surface area contributed by atoms with E-state index in [0.29, 0.717) is 5.92 Å². The maximum absolute atomic E-state index is 4.57. The first-order chi connectivity index (χ1) is 7.84. The van der Waals surface area contributed by atoms with Crippen LogP contribution >= 0.6 is 0 Å². The third-order valence-corrected chi connectivity index (χ3v) is 3.29. The fourth-order valence-electron chi connectivity index (χ4n) is 2.36. The summed E-state index contributed by atoms with van der Waals surface area (Å²) in [5, 5.41) is 11.5. The standard InChI is InChI=1S/C11H15N5/c1-16-9(6-7-12-16)11-13-10(14-15-11)8-4-2-3-5-8/h6-8H,2-5H2,1H3,(H,13,14,15). The monoisotopic (exact) mass is 217 g/mol. The number of hydrogen-bond donors (Lipinski definition) is 1. The number of hydrogen-bond acceptors (Lipinski definition) is 3. The lowest BCUT2D eigenvalue weighted by atomic mass is 10.1. The molecule has 0 saturated heterocycles. The Bertz CT molecular complexity index is 478. The number of aromatic amines is 1. The van der Waals surface area contributed by atoms with Gasteiger partial charge in [0.15, 0.2) is 5.82 Å². The first kappa shape index (κ1) is 9.57. The molecule has 1 saturated carbocycles. The molecular weight excluding hydrogens is 202 g/mol. The number of H-pyrrole nitrogens is 1. The number of nitrogens with one attached hydrogen (secondary N) is 1. The van der Waals surface area contributed by atoms with E-state index in [0.717, 1.165) is 17.3 Å². The molecule has 3 rings (SSSR count). The Kier molecular flexibility index (Phi) is 2.23. The fraction of sp³-hybridized carbons (Fsp3) is 0.545. The highest BCUT2D eigenvalue weighted by atomic mass is 15.3. The summed E-state index contributed by atoms with van der Waals surface area (Å²) < 4.78 is 1.79. The van der Waals surface area contributed by atoms with Gasteiger partial charge in [0.05, 0.1) is 0 Å². The molecule has 2 aromatic rings. The maximum atomic E-state index is 4.57. The molecule has 2 aromatic heterocycles. The maximum Gasteiger partial charge on any atom is 0.199 e. The molecule has 1 N–H and O–H groups in total. The number of rotatable bonds is 2. The summed E-state index contributed by atoms with van der Waals surface area (Å²) in [5.74, 6) is 2.37. The number of aryl methyl sites for hydroxylation is 1. The largest absolute Gasteiger partial charge is 0.265 e. The van der Waals surface area contributed by atoms with Crippen molar-refractivity contribution in [3.05, 3.63) is 18.1 Å². The van der Waals surface area contributed by atoms with E-state index in [2.05, 4.69) is 20.3 Å². The molecule has 1 fully saturated rings. The lowest BCUT2D eigenvalue weighted by Gasteiger charge is -2.01. The molecule has 5 heteroatoms. The minimum Gasteiger partial charge on any atom is -0.265 e. The molecule has 0 atom stereocenters. The second-order valence-electron chi connectivity index (χ2n) is 4.37. The van der Waals surface area contributed by atoms with Crippen molar-refractivity contribution in [2.45, 2.75) is 31.6 Å². The summed E-state index contributed by atoms with van der Waals surface area (Å²) in [6, 6.07) is 1.93. The Hall–Kier alpha value is -1.65. The van der Waals surface area contributed by atoms with Gasteiger partial charge < -0.3 is 0 Å². The Morgan fingerprint density at radius 1 is 1.38 bits per heavy atom. The average molecular weight is 217 g/mol. The van der Waals surface area contributed by atoms with Gasteiger partial charge in [-0.05, 0) is 18.9 Å². The van der Waals surface area contributed by atoms with Crippen molar-refractivity contribution in [2.24, 2.45) is 7.05 Å². The smallest absolute Gasteiger partial charge is 0.199 e. The molecule has 2 heterocycles. The molecule has 0 spiro atoms. The molecule has 1 aliphatic carbocycles. The highest BCUT2D eigenvalue weighted by Crippen LogP contribution is 2.32.